The lowest BCUT2D eigenvalue weighted by Crippen LogP contribution is -2.31. The molecular weight excluding hydrogens is 262 g/mol. The molecule has 3 atom stereocenters. The molecule has 19 heavy (non-hydrogen) atoms. The summed E-state index contributed by atoms with van der Waals surface area (Å²) in [6, 6.07) is 0.202. The van der Waals surface area contributed by atoms with Gasteiger partial charge in [0.25, 0.3) is 5.91 Å². The number of thiazole rings is 1. The second kappa shape index (κ2) is 6.45. The Hall–Kier alpha value is -0.980. The molecule has 5 nitrogen and oxygen atoms in total. The van der Waals surface area contributed by atoms with Gasteiger partial charge in [-0.25, -0.2) is 4.98 Å². The Morgan fingerprint density at radius 3 is 3.11 bits per heavy atom. The number of hydrogen-bond acceptors (Lipinski definition) is 5. The van der Waals surface area contributed by atoms with E-state index < -0.39 is 0 Å². The summed E-state index contributed by atoms with van der Waals surface area (Å²) in [4.78, 5) is 16.5. The van der Waals surface area contributed by atoms with E-state index in [0.717, 1.165) is 18.7 Å². The highest BCUT2D eigenvalue weighted by Crippen LogP contribution is 2.24. The summed E-state index contributed by atoms with van der Waals surface area (Å²) in [5.41, 5.74) is 0.961. The standard InChI is InChI=1S/C13H21N3O2S/c1-4-14-9(3)10-7-19-13(15-10)16-12(17)11-8(2)5-6-18-11/h7-9,11,14H,4-6H2,1-3H3,(H,15,16,17). The van der Waals surface area contributed by atoms with Crippen molar-refractivity contribution in [3.05, 3.63) is 11.1 Å². The normalized spacial score (nSPS) is 24.4. The number of nitrogens with one attached hydrogen (secondary N) is 2. The second-order valence-electron chi connectivity index (χ2n) is 4.90. The van der Waals surface area contributed by atoms with Crippen molar-refractivity contribution in [3.8, 4) is 0 Å². The largest absolute Gasteiger partial charge is 0.368 e. The fourth-order valence-corrected chi connectivity index (χ4v) is 2.97. The lowest BCUT2D eigenvalue weighted by molar-refractivity contribution is -0.126. The summed E-state index contributed by atoms with van der Waals surface area (Å²) in [5.74, 6) is 0.196. The van der Waals surface area contributed by atoms with Gasteiger partial charge in [0.1, 0.15) is 6.10 Å². The van der Waals surface area contributed by atoms with Gasteiger partial charge in [0, 0.05) is 18.0 Å². The van der Waals surface area contributed by atoms with Crippen molar-refractivity contribution in [3.63, 3.8) is 0 Å². The molecule has 1 aromatic heterocycles. The Kier molecular flexibility index (Phi) is 4.90. The Labute approximate surface area is 117 Å². The third-order valence-electron chi connectivity index (χ3n) is 3.35. The zero-order valence-corrected chi connectivity index (χ0v) is 12.4. The Bertz CT molecular complexity index is 435. The third kappa shape index (κ3) is 3.52. The second-order valence-corrected chi connectivity index (χ2v) is 5.76. The molecule has 0 aromatic carbocycles. The molecule has 1 saturated heterocycles. The van der Waals surface area contributed by atoms with Gasteiger partial charge in [0.2, 0.25) is 0 Å². The van der Waals surface area contributed by atoms with Crippen LogP contribution in [-0.4, -0.2) is 30.1 Å². The lowest BCUT2D eigenvalue weighted by atomic mass is 10.0. The first-order valence-corrected chi connectivity index (χ1v) is 7.61. The van der Waals surface area contributed by atoms with Crippen molar-refractivity contribution in [1.29, 1.82) is 0 Å². The van der Waals surface area contributed by atoms with Crippen LogP contribution < -0.4 is 10.6 Å². The molecule has 1 aromatic rings. The number of carbonyl (C=O) groups excluding carboxylic acids is 1. The first-order valence-electron chi connectivity index (χ1n) is 6.73. The molecule has 1 aliphatic heterocycles. The molecule has 0 aliphatic carbocycles. The molecule has 3 unspecified atom stereocenters. The van der Waals surface area contributed by atoms with E-state index in [2.05, 4.69) is 29.5 Å². The monoisotopic (exact) mass is 283 g/mol. The first-order chi connectivity index (χ1) is 9.11. The molecule has 6 heteroatoms. The maximum absolute atomic E-state index is 12.0. The van der Waals surface area contributed by atoms with Gasteiger partial charge < -0.3 is 10.1 Å². The quantitative estimate of drug-likeness (QED) is 0.869. The molecular formula is C13H21N3O2S. The minimum absolute atomic E-state index is 0.0815. The minimum atomic E-state index is -0.335. The lowest BCUT2D eigenvalue weighted by Gasteiger charge is -2.13. The molecule has 0 radical (unpaired) electrons. The van der Waals surface area contributed by atoms with E-state index >= 15 is 0 Å². The summed E-state index contributed by atoms with van der Waals surface area (Å²) in [7, 11) is 0. The molecule has 106 valence electrons. The van der Waals surface area contributed by atoms with Gasteiger partial charge in [-0.05, 0) is 25.8 Å². The van der Waals surface area contributed by atoms with Crippen molar-refractivity contribution >= 4 is 22.4 Å². The van der Waals surface area contributed by atoms with Crippen LogP contribution in [0.15, 0.2) is 5.38 Å². The molecule has 0 bridgehead atoms. The van der Waals surface area contributed by atoms with Crippen LogP contribution in [0.2, 0.25) is 0 Å². The summed E-state index contributed by atoms with van der Waals surface area (Å²) in [6.45, 7) is 7.72. The fourth-order valence-electron chi connectivity index (χ4n) is 2.16. The van der Waals surface area contributed by atoms with Crippen LogP contribution >= 0.6 is 11.3 Å². The predicted octanol–water partition coefficient (Wildman–Crippen LogP) is 2.18. The van der Waals surface area contributed by atoms with E-state index in [9.17, 15) is 4.79 Å². The molecule has 1 amide bonds. The summed E-state index contributed by atoms with van der Waals surface area (Å²) < 4.78 is 5.44. The van der Waals surface area contributed by atoms with E-state index in [-0.39, 0.29) is 24.0 Å². The van der Waals surface area contributed by atoms with E-state index in [0.29, 0.717) is 11.7 Å². The number of amides is 1. The van der Waals surface area contributed by atoms with Gasteiger partial charge in [-0.3, -0.25) is 10.1 Å². The van der Waals surface area contributed by atoms with Crippen molar-refractivity contribution < 1.29 is 9.53 Å². The number of carbonyl (C=O) groups is 1. The van der Waals surface area contributed by atoms with E-state index in [1.807, 2.05) is 12.3 Å². The van der Waals surface area contributed by atoms with Gasteiger partial charge >= 0.3 is 0 Å². The van der Waals surface area contributed by atoms with Gasteiger partial charge in [0.05, 0.1) is 5.69 Å². The van der Waals surface area contributed by atoms with Crippen molar-refractivity contribution in [1.82, 2.24) is 10.3 Å². The average Bonchev–Trinajstić information content (AvgIpc) is 2.98. The topological polar surface area (TPSA) is 63.2 Å². The Morgan fingerprint density at radius 1 is 1.68 bits per heavy atom. The van der Waals surface area contributed by atoms with Crippen LogP contribution in [0, 0.1) is 5.92 Å². The molecule has 2 N–H and O–H groups in total. The highest BCUT2D eigenvalue weighted by molar-refractivity contribution is 7.13. The highest BCUT2D eigenvalue weighted by Gasteiger charge is 2.31. The van der Waals surface area contributed by atoms with Crippen molar-refractivity contribution in [2.45, 2.75) is 39.3 Å². The van der Waals surface area contributed by atoms with E-state index in [1.165, 1.54) is 11.3 Å². The zero-order chi connectivity index (χ0) is 13.8. The number of nitrogens with zero attached hydrogens (tertiary/aromatic N) is 1. The number of aromatic nitrogens is 1. The third-order valence-corrected chi connectivity index (χ3v) is 4.13. The summed E-state index contributed by atoms with van der Waals surface area (Å²) >= 11 is 1.45. The Balaban J connectivity index is 1.94. The van der Waals surface area contributed by atoms with Crippen molar-refractivity contribution in [2.75, 3.05) is 18.5 Å². The summed E-state index contributed by atoms with van der Waals surface area (Å²) in [6.07, 6.45) is 0.608. The van der Waals surface area contributed by atoms with Gasteiger partial charge in [0.15, 0.2) is 5.13 Å². The number of ether oxygens (including phenoxy) is 1. The molecule has 0 spiro atoms. The van der Waals surface area contributed by atoms with Crippen LogP contribution in [0.4, 0.5) is 5.13 Å². The minimum Gasteiger partial charge on any atom is -0.368 e. The smallest absolute Gasteiger partial charge is 0.255 e. The SMILES string of the molecule is CCNC(C)c1csc(NC(=O)C2OCCC2C)n1. The maximum Gasteiger partial charge on any atom is 0.255 e. The maximum atomic E-state index is 12.0. The first kappa shape index (κ1) is 14.4. The van der Waals surface area contributed by atoms with Gasteiger partial charge in [-0.15, -0.1) is 11.3 Å². The van der Waals surface area contributed by atoms with Crippen LogP contribution in [-0.2, 0) is 9.53 Å². The molecule has 2 heterocycles. The Morgan fingerprint density at radius 2 is 2.47 bits per heavy atom. The molecule has 0 saturated carbocycles. The number of rotatable bonds is 5. The van der Waals surface area contributed by atoms with E-state index in [4.69, 9.17) is 4.74 Å². The van der Waals surface area contributed by atoms with Crippen LogP contribution in [0.25, 0.3) is 0 Å². The highest BCUT2D eigenvalue weighted by atomic mass is 32.1. The molecule has 1 aliphatic rings. The van der Waals surface area contributed by atoms with E-state index in [1.54, 1.807) is 0 Å². The number of anilines is 1. The van der Waals surface area contributed by atoms with Crippen molar-refractivity contribution in [2.24, 2.45) is 5.92 Å². The van der Waals surface area contributed by atoms with Crippen LogP contribution in [0.5, 0.6) is 0 Å². The van der Waals surface area contributed by atoms with Gasteiger partial charge in [-0.2, -0.15) is 0 Å². The van der Waals surface area contributed by atoms with Gasteiger partial charge in [-0.1, -0.05) is 13.8 Å². The summed E-state index contributed by atoms with van der Waals surface area (Å²) in [5, 5.41) is 8.76. The zero-order valence-electron chi connectivity index (χ0n) is 11.6. The average molecular weight is 283 g/mol. The molecule has 2 rings (SSSR count). The van der Waals surface area contributed by atoms with Crippen LogP contribution in [0.1, 0.15) is 38.9 Å². The van der Waals surface area contributed by atoms with Crippen LogP contribution in [0.3, 0.4) is 0 Å². The number of hydrogen-bond donors (Lipinski definition) is 2. The fraction of sp³-hybridized carbons (Fsp3) is 0.692. The molecule has 1 fully saturated rings. The predicted molar refractivity (Wildman–Crippen MR) is 76.4 cm³/mol.